The SMILES string of the molecule is O=C(NC1CCCCC1)N(CCc1nc2ccccc2[nH]1)Cc1ccc(F)cc1. The minimum absolute atomic E-state index is 0.0580. The van der Waals surface area contributed by atoms with Crippen LogP contribution in [0.1, 0.15) is 43.5 Å². The molecule has 4 rings (SSSR count). The number of aromatic amines is 1. The van der Waals surface area contributed by atoms with E-state index < -0.39 is 0 Å². The third-order valence-electron chi connectivity index (χ3n) is 5.56. The number of imidazole rings is 1. The average Bonchev–Trinajstić information content (AvgIpc) is 3.16. The Hall–Kier alpha value is -2.89. The van der Waals surface area contributed by atoms with E-state index in [1.54, 1.807) is 17.0 Å². The molecule has 1 saturated carbocycles. The molecule has 5 nitrogen and oxygen atoms in total. The Labute approximate surface area is 170 Å². The molecule has 29 heavy (non-hydrogen) atoms. The van der Waals surface area contributed by atoms with Gasteiger partial charge in [0.25, 0.3) is 0 Å². The number of nitrogens with one attached hydrogen (secondary N) is 2. The number of carbonyl (C=O) groups is 1. The number of fused-ring (bicyclic) bond motifs is 1. The number of para-hydroxylation sites is 2. The molecule has 6 heteroatoms. The molecule has 152 valence electrons. The summed E-state index contributed by atoms with van der Waals surface area (Å²) in [5, 5.41) is 3.20. The summed E-state index contributed by atoms with van der Waals surface area (Å²) in [6.07, 6.45) is 6.30. The number of H-pyrrole nitrogens is 1. The highest BCUT2D eigenvalue weighted by Crippen LogP contribution is 2.18. The fourth-order valence-corrected chi connectivity index (χ4v) is 3.94. The smallest absolute Gasteiger partial charge is 0.317 e. The summed E-state index contributed by atoms with van der Waals surface area (Å²) in [4.78, 5) is 22.7. The van der Waals surface area contributed by atoms with Crippen molar-refractivity contribution in [2.24, 2.45) is 0 Å². The maximum atomic E-state index is 13.3. The van der Waals surface area contributed by atoms with Crippen LogP contribution in [0, 0.1) is 5.82 Å². The molecule has 0 atom stereocenters. The van der Waals surface area contributed by atoms with Gasteiger partial charge in [-0.1, -0.05) is 43.5 Å². The number of benzene rings is 2. The van der Waals surface area contributed by atoms with Crippen LogP contribution in [-0.2, 0) is 13.0 Å². The molecule has 0 spiro atoms. The van der Waals surface area contributed by atoms with Gasteiger partial charge in [-0.05, 0) is 42.7 Å². The molecule has 1 aliphatic carbocycles. The van der Waals surface area contributed by atoms with Gasteiger partial charge in [0, 0.05) is 25.6 Å². The van der Waals surface area contributed by atoms with Crippen LogP contribution >= 0.6 is 0 Å². The van der Waals surface area contributed by atoms with Crippen molar-refractivity contribution in [2.45, 2.75) is 51.1 Å². The van der Waals surface area contributed by atoms with Gasteiger partial charge in [0.1, 0.15) is 11.6 Å². The first kappa shape index (κ1) is 19.4. The van der Waals surface area contributed by atoms with Gasteiger partial charge in [-0.15, -0.1) is 0 Å². The van der Waals surface area contributed by atoms with Crippen LogP contribution in [0.4, 0.5) is 9.18 Å². The molecule has 1 aliphatic rings. The van der Waals surface area contributed by atoms with Crippen LogP contribution in [0.3, 0.4) is 0 Å². The van der Waals surface area contributed by atoms with Crippen LogP contribution in [0.2, 0.25) is 0 Å². The fraction of sp³-hybridized carbons (Fsp3) is 0.391. The van der Waals surface area contributed by atoms with Gasteiger partial charge in [0.2, 0.25) is 0 Å². The zero-order chi connectivity index (χ0) is 20.1. The van der Waals surface area contributed by atoms with E-state index in [0.29, 0.717) is 19.5 Å². The van der Waals surface area contributed by atoms with Crippen molar-refractivity contribution < 1.29 is 9.18 Å². The van der Waals surface area contributed by atoms with Crippen LogP contribution < -0.4 is 5.32 Å². The number of halogens is 1. The van der Waals surface area contributed by atoms with Crippen molar-refractivity contribution in [1.29, 1.82) is 0 Å². The number of hydrogen-bond donors (Lipinski definition) is 2. The van der Waals surface area contributed by atoms with E-state index in [9.17, 15) is 9.18 Å². The third kappa shape index (κ3) is 5.13. The van der Waals surface area contributed by atoms with E-state index in [1.165, 1.54) is 31.4 Å². The van der Waals surface area contributed by atoms with Crippen molar-refractivity contribution in [1.82, 2.24) is 20.2 Å². The predicted octanol–water partition coefficient (Wildman–Crippen LogP) is 4.79. The molecule has 0 saturated heterocycles. The number of amides is 2. The summed E-state index contributed by atoms with van der Waals surface area (Å²) < 4.78 is 13.3. The first-order valence-corrected chi connectivity index (χ1v) is 10.4. The molecule has 0 bridgehead atoms. The van der Waals surface area contributed by atoms with E-state index in [4.69, 9.17) is 0 Å². The quantitative estimate of drug-likeness (QED) is 0.631. The largest absolute Gasteiger partial charge is 0.342 e. The molecule has 0 radical (unpaired) electrons. The summed E-state index contributed by atoms with van der Waals surface area (Å²) in [5.41, 5.74) is 2.84. The highest BCUT2D eigenvalue weighted by Gasteiger charge is 2.20. The van der Waals surface area contributed by atoms with Gasteiger partial charge in [0.05, 0.1) is 11.0 Å². The molecule has 1 fully saturated rings. The zero-order valence-electron chi connectivity index (χ0n) is 16.5. The van der Waals surface area contributed by atoms with Gasteiger partial charge in [-0.2, -0.15) is 0 Å². The number of urea groups is 1. The Balaban J connectivity index is 1.45. The van der Waals surface area contributed by atoms with Crippen molar-refractivity contribution in [3.8, 4) is 0 Å². The van der Waals surface area contributed by atoms with Crippen LogP contribution in [-0.4, -0.2) is 33.5 Å². The minimum atomic E-state index is -0.269. The van der Waals surface area contributed by atoms with Gasteiger partial charge in [-0.3, -0.25) is 0 Å². The van der Waals surface area contributed by atoms with E-state index in [2.05, 4.69) is 15.3 Å². The number of carbonyl (C=O) groups excluding carboxylic acids is 1. The van der Waals surface area contributed by atoms with E-state index in [0.717, 1.165) is 35.3 Å². The average molecular weight is 394 g/mol. The third-order valence-corrected chi connectivity index (χ3v) is 5.56. The molecule has 1 aromatic heterocycles. The molecular weight excluding hydrogens is 367 g/mol. The van der Waals surface area contributed by atoms with E-state index in [-0.39, 0.29) is 17.9 Å². The van der Waals surface area contributed by atoms with Gasteiger partial charge in [-0.25, -0.2) is 14.2 Å². The van der Waals surface area contributed by atoms with Gasteiger partial charge >= 0.3 is 6.03 Å². The molecule has 2 aromatic carbocycles. The van der Waals surface area contributed by atoms with E-state index in [1.807, 2.05) is 24.3 Å². The first-order valence-electron chi connectivity index (χ1n) is 10.4. The van der Waals surface area contributed by atoms with Crippen molar-refractivity contribution in [3.63, 3.8) is 0 Å². The van der Waals surface area contributed by atoms with Gasteiger partial charge < -0.3 is 15.2 Å². The molecular formula is C23H27FN4O. The monoisotopic (exact) mass is 394 g/mol. The lowest BCUT2D eigenvalue weighted by atomic mass is 9.96. The Morgan fingerprint density at radius 2 is 1.86 bits per heavy atom. The summed E-state index contributed by atoms with van der Waals surface area (Å²) in [7, 11) is 0. The maximum Gasteiger partial charge on any atom is 0.317 e. The first-order chi connectivity index (χ1) is 14.2. The normalized spacial score (nSPS) is 14.8. The molecule has 2 amide bonds. The highest BCUT2D eigenvalue weighted by molar-refractivity contribution is 5.75. The Bertz CT molecular complexity index is 914. The molecule has 0 aliphatic heterocycles. The van der Waals surface area contributed by atoms with Crippen molar-refractivity contribution in [2.75, 3.05) is 6.54 Å². The molecule has 1 heterocycles. The molecule has 2 N–H and O–H groups in total. The number of nitrogens with zero attached hydrogens (tertiary/aromatic N) is 2. The van der Waals surface area contributed by atoms with Crippen LogP contribution in [0.25, 0.3) is 11.0 Å². The Kier molecular flexibility index (Phi) is 6.08. The topological polar surface area (TPSA) is 61.0 Å². The fourth-order valence-electron chi connectivity index (χ4n) is 3.94. The second kappa shape index (κ2) is 9.07. The van der Waals surface area contributed by atoms with Gasteiger partial charge in [0.15, 0.2) is 0 Å². The lowest BCUT2D eigenvalue weighted by Crippen LogP contribution is -2.45. The Morgan fingerprint density at radius 1 is 1.10 bits per heavy atom. The van der Waals surface area contributed by atoms with Crippen LogP contribution in [0.5, 0.6) is 0 Å². The van der Waals surface area contributed by atoms with Crippen molar-refractivity contribution >= 4 is 17.1 Å². The Morgan fingerprint density at radius 3 is 2.62 bits per heavy atom. The maximum absolute atomic E-state index is 13.3. The second-order valence-corrected chi connectivity index (χ2v) is 7.78. The molecule has 0 unspecified atom stereocenters. The summed E-state index contributed by atoms with van der Waals surface area (Å²) >= 11 is 0. The van der Waals surface area contributed by atoms with Crippen LogP contribution in [0.15, 0.2) is 48.5 Å². The zero-order valence-corrected chi connectivity index (χ0v) is 16.5. The summed E-state index contributed by atoms with van der Waals surface area (Å²) in [6, 6.07) is 14.4. The highest BCUT2D eigenvalue weighted by atomic mass is 19.1. The van der Waals surface area contributed by atoms with Crippen molar-refractivity contribution in [3.05, 3.63) is 65.7 Å². The summed E-state index contributed by atoms with van der Waals surface area (Å²) in [5.74, 6) is 0.593. The number of aromatic nitrogens is 2. The van der Waals surface area contributed by atoms with E-state index >= 15 is 0 Å². The second-order valence-electron chi connectivity index (χ2n) is 7.78. The molecule has 3 aromatic rings. The lowest BCUT2D eigenvalue weighted by Gasteiger charge is -2.28. The summed E-state index contributed by atoms with van der Waals surface area (Å²) in [6.45, 7) is 0.981. The standard InChI is InChI=1S/C23H27FN4O/c24-18-12-10-17(11-13-18)16-28(23(29)25-19-6-2-1-3-7-19)15-14-22-26-20-8-4-5-9-21(20)27-22/h4-5,8-13,19H,1-3,6-7,14-16H2,(H,25,29)(H,26,27). The lowest BCUT2D eigenvalue weighted by molar-refractivity contribution is 0.187. The number of rotatable bonds is 6. The minimum Gasteiger partial charge on any atom is -0.342 e. The number of hydrogen-bond acceptors (Lipinski definition) is 2. The predicted molar refractivity (Wildman–Crippen MR) is 112 cm³/mol.